The van der Waals surface area contributed by atoms with E-state index in [0.717, 1.165) is 48.1 Å². The molecule has 0 radical (unpaired) electrons. The van der Waals surface area contributed by atoms with Gasteiger partial charge in [-0.2, -0.15) is 0 Å². The number of carbonyl (C=O) groups excluding carboxylic acids is 1. The first kappa shape index (κ1) is 18.3. The SMILES string of the molecule is O=C(COc1ccc(CNCc2ccc3[nH]c(=O)[nH]c3c2)cc1)N1CCCC1. The van der Waals surface area contributed by atoms with Crippen molar-refractivity contribution in [2.75, 3.05) is 19.7 Å². The molecule has 146 valence electrons. The van der Waals surface area contributed by atoms with E-state index in [-0.39, 0.29) is 18.2 Å². The van der Waals surface area contributed by atoms with Crippen LogP contribution < -0.4 is 15.7 Å². The topological polar surface area (TPSA) is 90.2 Å². The summed E-state index contributed by atoms with van der Waals surface area (Å²) in [5, 5.41) is 3.39. The van der Waals surface area contributed by atoms with Crippen molar-refractivity contribution in [1.82, 2.24) is 20.2 Å². The Bertz CT molecular complexity index is 1000. The maximum absolute atomic E-state index is 12.0. The third-order valence-electron chi connectivity index (χ3n) is 4.98. The number of aromatic nitrogens is 2. The Balaban J connectivity index is 1.24. The van der Waals surface area contributed by atoms with Crippen molar-refractivity contribution in [1.29, 1.82) is 0 Å². The first-order valence-corrected chi connectivity index (χ1v) is 9.58. The molecule has 0 unspecified atom stereocenters. The van der Waals surface area contributed by atoms with E-state index in [2.05, 4.69) is 15.3 Å². The zero-order valence-corrected chi connectivity index (χ0v) is 15.7. The Labute approximate surface area is 162 Å². The summed E-state index contributed by atoms with van der Waals surface area (Å²) in [5.41, 5.74) is 3.67. The second-order valence-corrected chi connectivity index (χ2v) is 7.08. The molecule has 0 atom stereocenters. The van der Waals surface area contributed by atoms with Crippen LogP contribution in [-0.4, -0.2) is 40.5 Å². The zero-order chi connectivity index (χ0) is 19.3. The second kappa shape index (κ2) is 8.31. The lowest BCUT2D eigenvalue weighted by Crippen LogP contribution is -2.32. The monoisotopic (exact) mass is 380 g/mol. The van der Waals surface area contributed by atoms with Crippen LogP contribution in [0, 0.1) is 0 Å². The number of H-pyrrole nitrogens is 2. The largest absolute Gasteiger partial charge is 0.484 e. The molecule has 1 fully saturated rings. The highest BCUT2D eigenvalue weighted by Crippen LogP contribution is 2.14. The Hall–Kier alpha value is -3.06. The van der Waals surface area contributed by atoms with Crippen LogP contribution in [0.25, 0.3) is 11.0 Å². The molecule has 28 heavy (non-hydrogen) atoms. The number of aromatic amines is 2. The van der Waals surface area contributed by atoms with Crippen LogP contribution in [0.15, 0.2) is 47.3 Å². The quantitative estimate of drug-likeness (QED) is 0.586. The van der Waals surface area contributed by atoms with E-state index in [9.17, 15) is 9.59 Å². The minimum absolute atomic E-state index is 0.0592. The molecule has 1 saturated heterocycles. The number of imidazole rings is 1. The second-order valence-electron chi connectivity index (χ2n) is 7.08. The number of nitrogens with one attached hydrogen (secondary N) is 3. The summed E-state index contributed by atoms with van der Waals surface area (Å²) < 4.78 is 5.61. The molecular formula is C21H24N4O3. The van der Waals surface area contributed by atoms with Crippen LogP contribution in [0.3, 0.4) is 0 Å². The van der Waals surface area contributed by atoms with Crippen molar-refractivity contribution in [3.8, 4) is 5.75 Å². The van der Waals surface area contributed by atoms with Gasteiger partial charge in [0.25, 0.3) is 5.91 Å². The van der Waals surface area contributed by atoms with E-state index in [4.69, 9.17) is 4.74 Å². The lowest BCUT2D eigenvalue weighted by molar-refractivity contribution is -0.132. The Morgan fingerprint density at radius 2 is 1.64 bits per heavy atom. The van der Waals surface area contributed by atoms with Crippen LogP contribution >= 0.6 is 0 Å². The van der Waals surface area contributed by atoms with Crippen molar-refractivity contribution in [2.45, 2.75) is 25.9 Å². The summed E-state index contributed by atoms with van der Waals surface area (Å²) in [5.74, 6) is 0.766. The maximum Gasteiger partial charge on any atom is 0.323 e. The summed E-state index contributed by atoms with van der Waals surface area (Å²) in [6.07, 6.45) is 2.18. The average molecular weight is 380 g/mol. The molecule has 1 aliphatic heterocycles. The number of ether oxygens (including phenoxy) is 1. The number of rotatable bonds is 7. The summed E-state index contributed by atoms with van der Waals surface area (Å²) in [7, 11) is 0. The van der Waals surface area contributed by atoms with E-state index < -0.39 is 0 Å². The Morgan fingerprint density at radius 3 is 2.43 bits per heavy atom. The molecule has 2 heterocycles. The normalized spacial score (nSPS) is 13.9. The smallest absolute Gasteiger partial charge is 0.323 e. The molecule has 3 aromatic rings. The Kier molecular flexibility index (Phi) is 5.43. The molecular weight excluding hydrogens is 356 g/mol. The molecule has 2 aromatic carbocycles. The number of nitrogens with zero attached hydrogens (tertiary/aromatic N) is 1. The molecule has 1 amide bonds. The first-order valence-electron chi connectivity index (χ1n) is 9.58. The van der Waals surface area contributed by atoms with Crippen molar-refractivity contribution in [2.24, 2.45) is 0 Å². The highest BCUT2D eigenvalue weighted by molar-refractivity contribution is 5.78. The van der Waals surface area contributed by atoms with Crippen molar-refractivity contribution in [3.05, 3.63) is 64.1 Å². The summed E-state index contributed by atoms with van der Waals surface area (Å²) >= 11 is 0. The van der Waals surface area contributed by atoms with Gasteiger partial charge in [0.05, 0.1) is 11.0 Å². The molecule has 0 spiro atoms. The molecule has 7 nitrogen and oxygen atoms in total. The lowest BCUT2D eigenvalue weighted by Gasteiger charge is -2.15. The highest BCUT2D eigenvalue weighted by atomic mass is 16.5. The van der Waals surface area contributed by atoms with Crippen molar-refractivity contribution >= 4 is 16.9 Å². The van der Waals surface area contributed by atoms with Crippen molar-refractivity contribution in [3.63, 3.8) is 0 Å². The van der Waals surface area contributed by atoms with E-state index >= 15 is 0 Å². The van der Waals surface area contributed by atoms with Gasteiger partial charge in [-0.25, -0.2) is 4.79 Å². The summed E-state index contributed by atoms with van der Waals surface area (Å²) in [6, 6.07) is 13.6. The number of hydrogen-bond acceptors (Lipinski definition) is 4. The fourth-order valence-electron chi connectivity index (χ4n) is 3.45. The molecule has 1 aliphatic rings. The molecule has 0 saturated carbocycles. The van der Waals surface area contributed by atoms with Gasteiger partial charge in [0.1, 0.15) is 5.75 Å². The van der Waals surface area contributed by atoms with Gasteiger partial charge in [-0.1, -0.05) is 18.2 Å². The standard InChI is InChI=1S/C21H24N4O3/c26-20(25-9-1-2-10-25)14-28-17-6-3-15(4-7-17)12-22-13-16-5-8-18-19(11-16)24-21(27)23-18/h3-8,11,22H,1-2,9-10,12-14H2,(H2,23,24,27). The number of amides is 1. The van der Waals surface area contributed by atoms with Crippen LogP contribution in [0.4, 0.5) is 0 Å². The van der Waals surface area contributed by atoms with Gasteiger partial charge in [-0.05, 0) is 48.2 Å². The predicted octanol–water partition coefficient (Wildman–Crippen LogP) is 2.15. The van der Waals surface area contributed by atoms with Crippen LogP contribution in [0.1, 0.15) is 24.0 Å². The lowest BCUT2D eigenvalue weighted by atomic mass is 10.2. The summed E-state index contributed by atoms with van der Waals surface area (Å²) in [6.45, 7) is 3.21. The van der Waals surface area contributed by atoms with Gasteiger partial charge >= 0.3 is 5.69 Å². The van der Waals surface area contributed by atoms with Gasteiger partial charge < -0.3 is 24.9 Å². The molecule has 7 heteroatoms. The van der Waals surface area contributed by atoms with Gasteiger partial charge in [-0.15, -0.1) is 0 Å². The molecule has 4 rings (SSSR count). The van der Waals surface area contributed by atoms with Crippen molar-refractivity contribution < 1.29 is 9.53 Å². The zero-order valence-electron chi connectivity index (χ0n) is 15.7. The molecule has 0 aliphatic carbocycles. The van der Waals surface area contributed by atoms with Crippen LogP contribution in [-0.2, 0) is 17.9 Å². The van der Waals surface area contributed by atoms with Gasteiger partial charge in [0.15, 0.2) is 6.61 Å². The van der Waals surface area contributed by atoms with E-state index in [0.29, 0.717) is 18.8 Å². The van der Waals surface area contributed by atoms with E-state index in [1.165, 1.54) is 0 Å². The number of hydrogen-bond donors (Lipinski definition) is 3. The first-order chi connectivity index (χ1) is 13.7. The van der Waals surface area contributed by atoms with Gasteiger partial charge in [0.2, 0.25) is 0 Å². The molecule has 1 aromatic heterocycles. The maximum atomic E-state index is 12.0. The van der Waals surface area contributed by atoms with Gasteiger partial charge in [0, 0.05) is 26.2 Å². The summed E-state index contributed by atoms with van der Waals surface area (Å²) in [4.78, 5) is 30.7. The fourth-order valence-corrected chi connectivity index (χ4v) is 3.45. The molecule has 3 N–H and O–H groups in total. The predicted molar refractivity (Wildman–Crippen MR) is 107 cm³/mol. The Morgan fingerprint density at radius 1 is 0.964 bits per heavy atom. The third kappa shape index (κ3) is 4.43. The number of fused-ring (bicyclic) bond motifs is 1. The van der Waals surface area contributed by atoms with E-state index in [1.807, 2.05) is 47.4 Å². The number of likely N-dealkylation sites (tertiary alicyclic amines) is 1. The number of carbonyl (C=O) groups is 1. The number of benzene rings is 2. The van der Waals surface area contributed by atoms with Crippen LogP contribution in [0.5, 0.6) is 5.75 Å². The van der Waals surface area contributed by atoms with Gasteiger partial charge in [-0.3, -0.25) is 4.79 Å². The van der Waals surface area contributed by atoms with Crippen LogP contribution in [0.2, 0.25) is 0 Å². The minimum atomic E-state index is -0.190. The fraction of sp³-hybridized carbons (Fsp3) is 0.333. The minimum Gasteiger partial charge on any atom is -0.484 e. The average Bonchev–Trinajstić information content (AvgIpc) is 3.36. The highest BCUT2D eigenvalue weighted by Gasteiger charge is 2.17. The van der Waals surface area contributed by atoms with E-state index in [1.54, 1.807) is 0 Å². The molecule has 0 bridgehead atoms. The third-order valence-corrected chi connectivity index (χ3v) is 4.98.